The summed E-state index contributed by atoms with van der Waals surface area (Å²) in [4.78, 5) is 62.2. The van der Waals surface area contributed by atoms with E-state index in [2.05, 4.69) is 45.8 Å². The highest BCUT2D eigenvalue weighted by Crippen LogP contribution is 2.47. The molecule has 0 spiro atoms. The average Bonchev–Trinajstić information content (AvgIpc) is 3.96. The maximum absolute atomic E-state index is 13.8. The number of H-pyrrole nitrogens is 1. The van der Waals surface area contributed by atoms with E-state index in [1.165, 1.54) is 23.1 Å². The van der Waals surface area contributed by atoms with E-state index in [-0.39, 0.29) is 24.1 Å². The van der Waals surface area contributed by atoms with Gasteiger partial charge in [-0.1, -0.05) is 46.8 Å². The Morgan fingerprint density at radius 2 is 1.81 bits per heavy atom. The molecule has 13 nitrogen and oxygen atoms in total. The SMILES string of the molecule is C=CC1C[C@]1(NC(=O)C1CCCN1C(=O)C(Nc1cccc(C(F)(F)F)c1)C(C)(C)C)C(=O)NS(=O)(=O)C1(C)CC1.COc1ccc2c(=O)cc(-c3nc(C(C)C)cs3)[nH]c2c1C. The van der Waals surface area contributed by atoms with Gasteiger partial charge in [-0.2, -0.15) is 13.2 Å². The number of rotatable bonds is 12. The number of carbonyl (C=O) groups excluding carboxylic acids is 3. The van der Waals surface area contributed by atoms with E-state index in [0.29, 0.717) is 37.0 Å². The van der Waals surface area contributed by atoms with Crippen LogP contribution in [0, 0.1) is 18.3 Å². The summed E-state index contributed by atoms with van der Waals surface area (Å²) in [7, 11) is -2.31. The molecule has 3 aliphatic rings. The van der Waals surface area contributed by atoms with Gasteiger partial charge in [0, 0.05) is 40.5 Å². The molecule has 2 aromatic carbocycles. The van der Waals surface area contributed by atoms with Gasteiger partial charge in [0.1, 0.15) is 28.4 Å². The zero-order chi connectivity index (χ0) is 46.4. The fourth-order valence-electron chi connectivity index (χ4n) is 7.64. The molecule has 3 fully saturated rings. The summed E-state index contributed by atoms with van der Waals surface area (Å²) < 4.78 is 71.6. The summed E-state index contributed by atoms with van der Waals surface area (Å²) in [5.41, 5.74) is 0.555. The molecule has 2 saturated carbocycles. The van der Waals surface area contributed by atoms with Crippen molar-refractivity contribution in [2.24, 2.45) is 11.3 Å². The maximum atomic E-state index is 13.8. The van der Waals surface area contributed by atoms with Crippen molar-refractivity contribution in [3.63, 3.8) is 0 Å². The highest BCUT2D eigenvalue weighted by molar-refractivity contribution is 7.91. The third-order valence-electron chi connectivity index (χ3n) is 12.1. The van der Waals surface area contributed by atoms with Crippen molar-refractivity contribution in [2.45, 2.75) is 115 Å². The second-order valence-electron chi connectivity index (χ2n) is 18.2. The van der Waals surface area contributed by atoms with Gasteiger partial charge in [0.05, 0.1) is 34.3 Å². The van der Waals surface area contributed by atoms with Crippen molar-refractivity contribution in [2.75, 3.05) is 19.0 Å². The summed E-state index contributed by atoms with van der Waals surface area (Å²) in [6.07, 6.45) is -1.22. The first-order valence-corrected chi connectivity index (χ1v) is 23.1. The lowest BCUT2D eigenvalue weighted by molar-refractivity contribution is -0.141. The molecule has 0 bridgehead atoms. The van der Waals surface area contributed by atoms with Crippen LogP contribution in [0.3, 0.4) is 0 Å². The van der Waals surface area contributed by atoms with Gasteiger partial charge in [-0.15, -0.1) is 17.9 Å². The zero-order valence-corrected chi connectivity index (χ0v) is 38.3. The van der Waals surface area contributed by atoms with Crippen LogP contribution in [0.25, 0.3) is 21.6 Å². The largest absolute Gasteiger partial charge is 0.496 e. The number of anilines is 1. The average molecular weight is 913 g/mol. The molecule has 0 radical (unpaired) electrons. The number of likely N-dealkylation sites (tertiary alicyclic amines) is 1. The molecule has 7 rings (SSSR count). The Balaban J connectivity index is 0.000000251. The van der Waals surface area contributed by atoms with Gasteiger partial charge in [-0.3, -0.25) is 23.9 Å². The van der Waals surface area contributed by atoms with Gasteiger partial charge in [0.15, 0.2) is 5.43 Å². The van der Waals surface area contributed by atoms with E-state index < -0.39 is 73.2 Å². The first kappa shape index (κ1) is 47.3. The minimum Gasteiger partial charge on any atom is -0.496 e. The molecule has 18 heteroatoms. The maximum Gasteiger partial charge on any atom is 0.416 e. The second-order valence-corrected chi connectivity index (χ2v) is 21.3. The Labute approximate surface area is 369 Å². The first-order valence-electron chi connectivity index (χ1n) is 20.8. The number of alkyl halides is 3. The summed E-state index contributed by atoms with van der Waals surface area (Å²) in [6.45, 7) is 16.9. The number of fused-ring (bicyclic) bond motifs is 1. The summed E-state index contributed by atoms with van der Waals surface area (Å²) in [6, 6.07) is 7.90. The van der Waals surface area contributed by atoms with E-state index in [4.69, 9.17) is 4.74 Å². The summed E-state index contributed by atoms with van der Waals surface area (Å²) in [5.74, 6) is -1.24. The van der Waals surface area contributed by atoms with Gasteiger partial charge >= 0.3 is 6.18 Å². The molecular formula is C45H55F3N6O7S2. The molecule has 2 aromatic heterocycles. The van der Waals surface area contributed by atoms with Crippen LogP contribution in [0.2, 0.25) is 0 Å². The number of aromatic nitrogens is 2. The fourth-order valence-corrected chi connectivity index (χ4v) is 9.90. The number of ether oxygens (including phenoxy) is 1. The minimum absolute atomic E-state index is 0.00389. The third-order valence-corrected chi connectivity index (χ3v) is 15.2. The molecule has 4 N–H and O–H groups in total. The fraction of sp³-hybridized carbons (Fsp3) is 0.489. The predicted octanol–water partition coefficient (Wildman–Crippen LogP) is 7.67. The van der Waals surface area contributed by atoms with Crippen LogP contribution >= 0.6 is 11.3 Å². The Morgan fingerprint density at radius 1 is 1.11 bits per heavy atom. The number of aryl methyl sites for hydroxylation is 1. The van der Waals surface area contributed by atoms with Gasteiger partial charge in [-0.25, -0.2) is 13.4 Å². The normalized spacial score (nSPS) is 20.9. The summed E-state index contributed by atoms with van der Waals surface area (Å²) >= 11 is 1.55. The van der Waals surface area contributed by atoms with Crippen LogP contribution in [0.5, 0.6) is 5.75 Å². The predicted molar refractivity (Wildman–Crippen MR) is 238 cm³/mol. The summed E-state index contributed by atoms with van der Waals surface area (Å²) in [5, 5.41) is 9.21. The van der Waals surface area contributed by atoms with Crippen LogP contribution in [-0.4, -0.2) is 77.0 Å². The van der Waals surface area contributed by atoms with Gasteiger partial charge < -0.3 is 25.3 Å². The Kier molecular flexibility index (Phi) is 13.0. The van der Waals surface area contributed by atoms with E-state index in [1.807, 2.05) is 18.4 Å². The number of nitrogens with zero attached hydrogens (tertiary/aromatic N) is 2. The highest BCUT2D eigenvalue weighted by Gasteiger charge is 2.62. The molecule has 1 saturated heterocycles. The number of hydrogen-bond donors (Lipinski definition) is 4. The quantitative estimate of drug-likeness (QED) is 0.104. The Hall–Kier alpha value is -5.23. The van der Waals surface area contributed by atoms with E-state index >= 15 is 0 Å². The molecule has 340 valence electrons. The van der Waals surface area contributed by atoms with Gasteiger partial charge in [-0.05, 0) is 87.6 Å². The number of halogens is 3. The van der Waals surface area contributed by atoms with Crippen molar-refractivity contribution in [1.82, 2.24) is 24.9 Å². The minimum atomic E-state index is -4.55. The van der Waals surface area contributed by atoms with E-state index in [1.54, 1.807) is 58.3 Å². The lowest BCUT2D eigenvalue weighted by atomic mass is 9.85. The number of nitrogens with one attached hydrogen (secondary N) is 4. The number of pyridine rings is 1. The molecule has 1 aliphatic heterocycles. The molecule has 3 amide bonds. The van der Waals surface area contributed by atoms with Crippen molar-refractivity contribution >= 4 is 55.7 Å². The molecule has 63 heavy (non-hydrogen) atoms. The Bertz CT molecular complexity index is 2600. The van der Waals surface area contributed by atoms with Crippen molar-refractivity contribution in [3.05, 3.63) is 87.5 Å². The lowest BCUT2D eigenvalue weighted by Gasteiger charge is -2.36. The number of carbonyl (C=O) groups is 3. The number of methoxy groups -OCH3 is 1. The zero-order valence-electron chi connectivity index (χ0n) is 36.7. The molecule has 3 heterocycles. The van der Waals surface area contributed by atoms with Crippen molar-refractivity contribution in [1.29, 1.82) is 0 Å². The first-order chi connectivity index (χ1) is 29.4. The van der Waals surface area contributed by atoms with Crippen LogP contribution in [0.4, 0.5) is 18.9 Å². The number of aromatic amines is 1. The highest BCUT2D eigenvalue weighted by atomic mass is 32.2. The standard InChI is InChI=1S/C28H37F3N4O5S.C17H18N2O2S/c1-6-17-16-27(17,24(38)34-41(39,40)26(5)12-13-26)33-22(36)20-11-8-14-35(20)23(37)21(25(2,3)4)32-19-10-7-9-18(15-19)28(29,30)31;1-9(2)13-8-22-17(19-13)12-7-14(20)11-5-6-15(21-4)10(3)16(11)18-12/h6-7,9-10,15,17,20-21,32H,1,8,11-14,16H2,2-5H3,(H,33,36)(H,34,38);5-9H,1-4H3,(H,18,20)/t17?,20?,21?,27-;/m1./s1. The molecule has 2 aliphatic carbocycles. The van der Waals surface area contributed by atoms with Crippen LogP contribution in [-0.2, 0) is 30.6 Å². The van der Waals surface area contributed by atoms with Crippen molar-refractivity contribution < 1.29 is 40.7 Å². The molecule has 3 unspecified atom stereocenters. The second kappa shape index (κ2) is 17.4. The number of hydrogen-bond acceptors (Lipinski definition) is 10. The molecule has 4 atom stereocenters. The van der Waals surface area contributed by atoms with Crippen LogP contribution in [0.15, 0.2) is 65.3 Å². The van der Waals surface area contributed by atoms with Crippen LogP contribution in [0.1, 0.15) is 96.4 Å². The number of amides is 3. The van der Waals surface area contributed by atoms with E-state index in [0.717, 1.165) is 45.4 Å². The monoisotopic (exact) mass is 912 g/mol. The number of benzene rings is 2. The Morgan fingerprint density at radius 3 is 2.38 bits per heavy atom. The van der Waals surface area contributed by atoms with Crippen LogP contribution < -0.4 is 25.5 Å². The number of sulfonamides is 1. The number of thiazole rings is 1. The van der Waals surface area contributed by atoms with Gasteiger partial charge in [0.2, 0.25) is 21.8 Å². The smallest absolute Gasteiger partial charge is 0.416 e. The molecular weight excluding hydrogens is 858 g/mol. The lowest BCUT2D eigenvalue weighted by Crippen LogP contribution is -2.59. The molecule has 4 aromatic rings. The third kappa shape index (κ3) is 9.81. The van der Waals surface area contributed by atoms with Gasteiger partial charge in [0.25, 0.3) is 5.91 Å². The van der Waals surface area contributed by atoms with Crippen molar-refractivity contribution in [3.8, 4) is 16.5 Å². The topological polar surface area (TPSA) is 180 Å². The van der Waals surface area contributed by atoms with E-state index in [9.17, 15) is 40.8 Å².